The van der Waals surface area contributed by atoms with Gasteiger partial charge in [0.1, 0.15) is 0 Å². The van der Waals surface area contributed by atoms with Crippen LogP contribution < -0.4 is 5.32 Å². The van der Waals surface area contributed by atoms with Crippen LogP contribution in [0.3, 0.4) is 0 Å². The third kappa shape index (κ3) is 7.54. The van der Waals surface area contributed by atoms with Crippen molar-refractivity contribution in [3.05, 3.63) is 0 Å². The van der Waals surface area contributed by atoms with Crippen LogP contribution >= 0.6 is 0 Å². The molecular weight excluding hydrogens is 154 g/mol. The lowest BCUT2D eigenvalue weighted by Gasteiger charge is -2.06. The van der Waals surface area contributed by atoms with E-state index in [0.717, 1.165) is 13.0 Å². The molecule has 0 heterocycles. The number of nitrogens with one attached hydrogen (secondary N) is 1. The highest BCUT2D eigenvalue weighted by molar-refractivity contribution is 5.69. The molecule has 0 spiro atoms. The van der Waals surface area contributed by atoms with Gasteiger partial charge >= 0.3 is 5.97 Å². The first kappa shape index (κ1) is 11.4. The minimum atomic E-state index is -0.0944. The van der Waals surface area contributed by atoms with E-state index in [9.17, 15) is 4.79 Å². The Morgan fingerprint density at radius 2 is 2.17 bits per heavy atom. The van der Waals surface area contributed by atoms with Crippen molar-refractivity contribution in [1.29, 1.82) is 0 Å². The Morgan fingerprint density at radius 3 is 2.67 bits per heavy atom. The molecule has 1 N–H and O–H groups in total. The molecule has 0 fully saturated rings. The van der Waals surface area contributed by atoms with E-state index in [4.69, 9.17) is 4.74 Å². The molecule has 0 bridgehead atoms. The first-order chi connectivity index (χ1) is 5.66. The van der Waals surface area contributed by atoms with Gasteiger partial charge in [-0.2, -0.15) is 0 Å². The van der Waals surface area contributed by atoms with E-state index in [1.807, 2.05) is 6.92 Å². The fraction of sp³-hybridized carbons (Fsp3) is 0.889. The van der Waals surface area contributed by atoms with Crippen molar-refractivity contribution in [2.45, 2.75) is 39.7 Å². The van der Waals surface area contributed by atoms with Gasteiger partial charge in [0, 0.05) is 12.5 Å². The molecule has 0 aliphatic rings. The van der Waals surface area contributed by atoms with Gasteiger partial charge in [0.25, 0.3) is 0 Å². The van der Waals surface area contributed by atoms with Crippen molar-refractivity contribution in [1.82, 2.24) is 5.32 Å². The monoisotopic (exact) mass is 173 g/mol. The average molecular weight is 173 g/mol. The Morgan fingerprint density at radius 1 is 1.50 bits per heavy atom. The summed E-state index contributed by atoms with van der Waals surface area (Å²) >= 11 is 0. The summed E-state index contributed by atoms with van der Waals surface area (Å²) in [5.74, 6) is -0.0944. The fourth-order valence-corrected chi connectivity index (χ4v) is 0.857. The molecule has 72 valence electrons. The highest BCUT2D eigenvalue weighted by Gasteiger charge is 2.00. The largest absolute Gasteiger partial charge is 0.466 e. The Bertz CT molecular complexity index is 124. The van der Waals surface area contributed by atoms with Crippen LogP contribution in [0.4, 0.5) is 0 Å². The summed E-state index contributed by atoms with van der Waals surface area (Å²) in [6.45, 7) is 7.37. The minimum Gasteiger partial charge on any atom is -0.466 e. The normalized spacial score (nSPS) is 10.3. The van der Waals surface area contributed by atoms with E-state index in [0.29, 0.717) is 19.1 Å². The van der Waals surface area contributed by atoms with Gasteiger partial charge in [-0.3, -0.25) is 4.79 Å². The van der Waals surface area contributed by atoms with Crippen LogP contribution in [-0.2, 0) is 9.53 Å². The molecule has 0 radical (unpaired) electrons. The quantitative estimate of drug-likeness (QED) is 0.486. The molecule has 3 heteroatoms. The van der Waals surface area contributed by atoms with Crippen LogP contribution in [0.15, 0.2) is 0 Å². The zero-order valence-corrected chi connectivity index (χ0v) is 8.22. The second kappa shape index (κ2) is 7.10. The molecule has 0 aliphatic carbocycles. The predicted molar refractivity (Wildman–Crippen MR) is 49.0 cm³/mol. The standard InChI is InChI=1S/C9H19NO2/c1-4-12-9(11)6-5-7-10-8(2)3/h8,10H,4-7H2,1-3H3. The Labute approximate surface area is 74.5 Å². The molecule has 0 rings (SSSR count). The summed E-state index contributed by atoms with van der Waals surface area (Å²) in [5, 5.41) is 3.24. The first-order valence-electron chi connectivity index (χ1n) is 4.55. The molecule has 0 aromatic rings. The van der Waals surface area contributed by atoms with E-state index in [2.05, 4.69) is 19.2 Å². The number of carbonyl (C=O) groups is 1. The number of ether oxygens (including phenoxy) is 1. The molecule has 0 unspecified atom stereocenters. The molecule has 0 aromatic carbocycles. The van der Waals surface area contributed by atoms with Crippen molar-refractivity contribution < 1.29 is 9.53 Å². The van der Waals surface area contributed by atoms with Crippen molar-refractivity contribution in [3.8, 4) is 0 Å². The SMILES string of the molecule is CCOC(=O)CCCNC(C)C. The molecule has 0 aliphatic heterocycles. The molecule has 12 heavy (non-hydrogen) atoms. The van der Waals surface area contributed by atoms with Crippen LogP contribution in [-0.4, -0.2) is 25.2 Å². The van der Waals surface area contributed by atoms with Crippen molar-refractivity contribution in [2.75, 3.05) is 13.2 Å². The summed E-state index contributed by atoms with van der Waals surface area (Å²) in [4.78, 5) is 10.8. The number of rotatable bonds is 6. The van der Waals surface area contributed by atoms with Crippen LogP contribution in [0.1, 0.15) is 33.6 Å². The number of hydrogen-bond acceptors (Lipinski definition) is 3. The summed E-state index contributed by atoms with van der Waals surface area (Å²) in [7, 11) is 0. The maximum atomic E-state index is 10.8. The van der Waals surface area contributed by atoms with E-state index in [1.165, 1.54) is 0 Å². The van der Waals surface area contributed by atoms with Crippen LogP contribution in [0, 0.1) is 0 Å². The van der Waals surface area contributed by atoms with Crippen molar-refractivity contribution >= 4 is 5.97 Å². The van der Waals surface area contributed by atoms with Gasteiger partial charge in [0.05, 0.1) is 6.61 Å². The van der Waals surface area contributed by atoms with Gasteiger partial charge in [0.15, 0.2) is 0 Å². The molecule has 0 aromatic heterocycles. The third-order valence-corrected chi connectivity index (χ3v) is 1.42. The van der Waals surface area contributed by atoms with Crippen LogP contribution in [0.25, 0.3) is 0 Å². The van der Waals surface area contributed by atoms with Crippen LogP contribution in [0.2, 0.25) is 0 Å². The van der Waals surface area contributed by atoms with Crippen molar-refractivity contribution in [3.63, 3.8) is 0 Å². The van der Waals surface area contributed by atoms with E-state index >= 15 is 0 Å². The lowest BCUT2D eigenvalue weighted by atomic mass is 10.3. The Kier molecular flexibility index (Phi) is 6.76. The zero-order chi connectivity index (χ0) is 9.40. The van der Waals surface area contributed by atoms with Crippen LogP contribution in [0.5, 0.6) is 0 Å². The highest BCUT2D eigenvalue weighted by Crippen LogP contribution is 1.91. The number of esters is 1. The van der Waals surface area contributed by atoms with Gasteiger partial charge in [-0.1, -0.05) is 13.8 Å². The molecule has 0 atom stereocenters. The topological polar surface area (TPSA) is 38.3 Å². The van der Waals surface area contributed by atoms with Gasteiger partial charge in [0.2, 0.25) is 0 Å². The molecule has 0 amide bonds. The number of carbonyl (C=O) groups excluding carboxylic acids is 1. The van der Waals surface area contributed by atoms with Crippen molar-refractivity contribution in [2.24, 2.45) is 0 Å². The average Bonchev–Trinajstić information content (AvgIpc) is 1.98. The summed E-state index contributed by atoms with van der Waals surface area (Å²) in [5.41, 5.74) is 0. The zero-order valence-electron chi connectivity index (χ0n) is 8.22. The maximum absolute atomic E-state index is 10.8. The number of hydrogen-bond donors (Lipinski definition) is 1. The minimum absolute atomic E-state index is 0.0944. The summed E-state index contributed by atoms with van der Waals surface area (Å²) in [6, 6.07) is 0.493. The summed E-state index contributed by atoms with van der Waals surface area (Å²) < 4.78 is 4.78. The van der Waals surface area contributed by atoms with Gasteiger partial charge in [-0.15, -0.1) is 0 Å². The lowest BCUT2D eigenvalue weighted by Crippen LogP contribution is -2.24. The van der Waals surface area contributed by atoms with E-state index in [1.54, 1.807) is 0 Å². The molecule has 0 saturated heterocycles. The van der Waals surface area contributed by atoms with Gasteiger partial charge < -0.3 is 10.1 Å². The predicted octanol–water partition coefficient (Wildman–Crippen LogP) is 1.33. The smallest absolute Gasteiger partial charge is 0.305 e. The first-order valence-corrected chi connectivity index (χ1v) is 4.55. The van der Waals surface area contributed by atoms with E-state index < -0.39 is 0 Å². The van der Waals surface area contributed by atoms with E-state index in [-0.39, 0.29) is 5.97 Å². The molecular formula is C9H19NO2. The maximum Gasteiger partial charge on any atom is 0.305 e. The third-order valence-electron chi connectivity index (χ3n) is 1.42. The second-order valence-electron chi connectivity index (χ2n) is 3.02. The lowest BCUT2D eigenvalue weighted by molar-refractivity contribution is -0.143. The Hall–Kier alpha value is -0.570. The molecule has 0 saturated carbocycles. The second-order valence-corrected chi connectivity index (χ2v) is 3.02. The summed E-state index contributed by atoms with van der Waals surface area (Å²) in [6.07, 6.45) is 1.38. The van der Waals surface area contributed by atoms with Gasteiger partial charge in [-0.25, -0.2) is 0 Å². The van der Waals surface area contributed by atoms with Gasteiger partial charge in [-0.05, 0) is 19.9 Å². The molecule has 3 nitrogen and oxygen atoms in total. The Balaban J connectivity index is 3.14. The fourth-order valence-electron chi connectivity index (χ4n) is 0.857. The highest BCUT2D eigenvalue weighted by atomic mass is 16.5.